The van der Waals surface area contributed by atoms with Gasteiger partial charge in [0, 0.05) is 8.42 Å². The Morgan fingerprint density at radius 3 is 2.10 bits per heavy atom. The smallest absolute Gasteiger partial charge is 0.437 e. The highest BCUT2D eigenvalue weighted by molar-refractivity contribution is 5.92. The third kappa shape index (κ3) is 9.24. The number of nitrogens with one attached hydrogen (secondary N) is 2. The molecule has 0 aliphatic rings. The van der Waals surface area contributed by atoms with Crippen LogP contribution in [0.1, 0.15) is 49.0 Å². The third-order valence-corrected chi connectivity index (χ3v) is 5.87. The van der Waals surface area contributed by atoms with Crippen molar-refractivity contribution in [1.82, 2.24) is 20.4 Å². The molecular weight excluding hydrogens is 500 g/mol. The van der Waals surface area contributed by atoms with Gasteiger partial charge in [0.1, 0.15) is 19.2 Å². The molecule has 0 radical (unpaired) electrons. The van der Waals surface area contributed by atoms with E-state index in [1.165, 1.54) is 0 Å². The molecule has 10 nitrogen and oxygen atoms in total. The van der Waals surface area contributed by atoms with Gasteiger partial charge in [0.25, 0.3) is 0 Å². The highest BCUT2D eigenvalue weighted by atomic mass is 16.5. The van der Waals surface area contributed by atoms with E-state index in [-0.39, 0.29) is 33.7 Å². The van der Waals surface area contributed by atoms with Crippen molar-refractivity contribution in [1.29, 1.82) is 0 Å². The fourth-order valence-corrected chi connectivity index (χ4v) is 3.99. The van der Waals surface area contributed by atoms with Crippen molar-refractivity contribution < 1.29 is 26.4 Å². The van der Waals surface area contributed by atoms with E-state index >= 15 is 0 Å². The maximum absolute atomic E-state index is 13.3. The Morgan fingerprint density at radius 1 is 0.897 bits per heavy atom. The molecule has 10 heteroatoms. The zero-order valence-corrected chi connectivity index (χ0v) is 22.8. The van der Waals surface area contributed by atoms with Gasteiger partial charge in [-0.1, -0.05) is 76.2 Å². The molecule has 1 aromatic heterocycles. The van der Waals surface area contributed by atoms with E-state index in [9.17, 15) is 19.2 Å². The second-order valence-electron chi connectivity index (χ2n) is 10.2. The van der Waals surface area contributed by atoms with Gasteiger partial charge in [0.15, 0.2) is 5.78 Å². The number of ether oxygens (including phenoxy) is 1. The molecule has 0 saturated heterocycles. The zero-order valence-electron chi connectivity index (χ0n) is 22.8. The lowest BCUT2D eigenvalue weighted by Gasteiger charge is -2.24. The normalized spacial score (nSPS) is 12.7. The summed E-state index contributed by atoms with van der Waals surface area (Å²) >= 11 is 0. The first-order chi connectivity index (χ1) is 18.6. The summed E-state index contributed by atoms with van der Waals surface area (Å²) in [7, 11) is 0. The summed E-state index contributed by atoms with van der Waals surface area (Å²) in [6, 6.07) is 16.3. The second kappa shape index (κ2) is 14.1. The van der Waals surface area contributed by atoms with Crippen molar-refractivity contribution >= 4 is 17.8 Å². The van der Waals surface area contributed by atoms with Crippen molar-refractivity contribution in [2.75, 3.05) is 0 Å². The van der Waals surface area contributed by atoms with E-state index in [1.54, 1.807) is 24.3 Å². The molecule has 2 atom stereocenters. The van der Waals surface area contributed by atoms with Crippen molar-refractivity contribution in [3.8, 4) is 11.5 Å². The number of alkyl carbamates (subject to hydrolysis) is 1. The van der Waals surface area contributed by atoms with Crippen molar-refractivity contribution in [3.05, 3.63) is 76.8 Å². The number of Topliss-reactive ketones (excluding diaryl/α,β-unsaturated/α-hetero) is 1. The van der Waals surface area contributed by atoms with Crippen LogP contribution in [0.2, 0.25) is 0 Å². The SMILES string of the molecule is CC(C)C[C@H](NC(=O)[C@H](CC(C)C)NC(=O)OCc1ccccc1)C(=O)Cn1nc(-c2ccccc2)oc1=O.[HH].[HH]. The lowest BCUT2D eigenvalue weighted by atomic mass is 9.98. The quantitative estimate of drug-likeness (QED) is 0.328. The summed E-state index contributed by atoms with van der Waals surface area (Å²) < 4.78 is 11.5. The maximum atomic E-state index is 13.3. The lowest BCUT2D eigenvalue weighted by molar-refractivity contribution is -0.130. The molecule has 0 aliphatic heterocycles. The van der Waals surface area contributed by atoms with Crippen LogP contribution in [0, 0.1) is 11.8 Å². The topological polar surface area (TPSA) is 133 Å². The Morgan fingerprint density at radius 2 is 1.49 bits per heavy atom. The van der Waals surface area contributed by atoms with Crippen LogP contribution < -0.4 is 16.4 Å². The molecule has 0 aliphatic carbocycles. The number of benzene rings is 2. The maximum Gasteiger partial charge on any atom is 0.437 e. The molecule has 2 aromatic carbocycles. The van der Waals surface area contributed by atoms with Gasteiger partial charge in [-0.3, -0.25) is 9.59 Å². The monoisotopic (exact) mass is 540 g/mol. The van der Waals surface area contributed by atoms with Crippen LogP contribution in [0.3, 0.4) is 0 Å². The highest BCUT2D eigenvalue weighted by Gasteiger charge is 2.29. The van der Waals surface area contributed by atoms with Gasteiger partial charge in [-0.25, -0.2) is 9.59 Å². The molecular formula is C29H40N4O6. The predicted octanol–water partition coefficient (Wildman–Crippen LogP) is 4.44. The second-order valence-corrected chi connectivity index (χ2v) is 10.2. The minimum atomic E-state index is -0.907. The van der Waals surface area contributed by atoms with Gasteiger partial charge in [-0.2, -0.15) is 4.68 Å². The lowest BCUT2D eigenvalue weighted by Crippen LogP contribution is -2.53. The molecule has 0 saturated carbocycles. The summed E-state index contributed by atoms with van der Waals surface area (Å²) in [4.78, 5) is 51.3. The minimum absolute atomic E-state index is 0. The number of hydrogen-bond donors (Lipinski definition) is 2. The van der Waals surface area contributed by atoms with E-state index in [1.807, 2.05) is 64.1 Å². The average Bonchev–Trinajstić information content (AvgIpc) is 3.27. The van der Waals surface area contributed by atoms with E-state index in [0.29, 0.717) is 18.4 Å². The molecule has 0 fully saturated rings. The standard InChI is InChI=1S/C29H36N4O6.2H2/c1-19(2)15-23(25(34)17-33-29(37)39-27(32-33)22-13-9-6-10-14-22)30-26(35)24(16-20(3)4)31-28(36)38-18-21-11-7-5-8-12-21;;/h5-14,19-20,23-24H,15-18H2,1-4H3,(H,30,35)(H,31,36);2*1H/t23-,24-;;/m0../s1. The van der Waals surface area contributed by atoms with Gasteiger partial charge >= 0.3 is 11.8 Å². The molecule has 0 bridgehead atoms. The number of carbonyl (C=O) groups excluding carboxylic acids is 3. The van der Waals surface area contributed by atoms with Gasteiger partial charge in [-0.05, 0) is 42.4 Å². The van der Waals surface area contributed by atoms with Gasteiger partial charge in [0.05, 0.1) is 6.04 Å². The molecule has 39 heavy (non-hydrogen) atoms. The van der Waals surface area contributed by atoms with Gasteiger partial charge in [-0.15, -0.1) is 5.10 Å². The number of hydrogen-bond acceptors (Lipinski definition) is 7. The van der Waals surface area contributed by atoms with Crippen molar-refractivity contribution in [2.45, 2.75) is 65.8 Å². The first kappa shape index (κ1) is 29.3. The number of nitrogens with zero attached hydrogens (tertiary/aromatic N) is 2. The minimum Gasteiger partial charge on any atom is -0.445 e. The molecule has 3 rings (SSSR count). The van der Waals surface area contributed by atoms with Gasteiger partial charge < -0.3 is 19.8 Å². The molecule has 1 heterocycles. The first-order valence-electron chi connectivity index (χ1n) is 13.1. The molecule has 3 aromatic rings. The van der Waals surface area contributed by atoms with Crippen LogP contribution in [0.5, 0.6) is 0 Å². The fourth-order valence-electron chi connectivity index (χ4n) is 3.99. The third-order valence-electron chi connectivity index (χ3n) is 5.87. The average molecular weight is 541 g/mol. The summed E-state index contributed by atoms with van der Waals surface area (Å²) in [6.45, 7) is 7.40. The molecule has 0 unspecified atom stereocenters. The number of amides is 2. The van der Waals surface area contributed by atoms with Crippen LogP contribution in [-0.2, 0) is 27.5 Å². The van der Waals surface area contributed by atoms with Gasteiger partial charge in [0.2, 0.25) is 11.8 Å². The molecule has 0 spiro atoms. The van der Waals surface area contributed by atoms with Crippen LogP contribution >= 0.6 is 0 Å². The van der Waals surface area contributed by atoms with E-state index in [0.717, 1.165) is 10.2 Å². The number of ketones is 1. The molecule has 2 N–H and O–H groups in total. The fraction of sp³-hybridized carbons (Fsp3) is 0.414. The van der Waals surface area contributed by atoms with Crippen molar-refractivity contribution in [2.24, 2.45) is 11.8 Å². The summed E-state index contributed by atoms with van der Waals surface area (Å²) in [5.41, 5.74) is 1.42. The van der Waals surface area contributed by atoms with Crippen LogP contribution in [0.15, 0.2) is 69.9 Å². The number of rotatable bonds is 13. The van der Waals surface area contributed by atoms with Crippen LogP contribution in [0.25, 0.3) is 11.5 Å². The molecule has 2 amide bonds. The summed E-state index contributed by atoms with van der Waals surface area (Å²) in [5, 5.41) is 9.56. The largest absolute Gasteiger partial charge is 0.445 e. The van der Waals surface area contributed by atoms with Crippen molar-refractivity contribution in [3.63, 3.8) is 0 Å². The number of aromatic nitrogens is 2. The summed E-state index contributed by atoms with van der Waals surface area (Å²) in [6.07, 6.45) is -0.0397. The van der Waals surface area contributed by atoms with E-state index < -0.39 is 35.6 Å². The predicted molar refractivity (Wildman–Crippen MR) is 150 cm³/mol. The number of carbonyl (C=O) groups is 3. The Balaban J connectivity index is 0.00000420. The van der Waals surface area contributed by atoms with E-state index in [2.05, 4.69) is 15.7 Å². The van der Waals surface area contributed by atoms with Crippen LogP contribution in [0.4, 0.5) is 4.79 Å². The van der Waals surface area contributed by atoms with Crippen LogP contribution in [-0.4, -0.2) is 39.6 Å². The Bertz CT molecular complexity index is 1300. The Hall–Kier alpha value is -4.21. The Labute approximate surface area is 230 Å². The summed E-state index contributed by atoms with van der Waals surface area (Å²) in [5.74, 6) is -1.41. The van der Waals surface area contributed by atoms with E-state index in [4.69, 9.17) is 9.15 Å². The Kier molecular flexibility index (Phi) is 10.6. The zero-order chi connectivity index (χ0) is 28.4. The highest BCUT2D eigenvalue weighted by Crippen LogP contribution is 2.15. The first-order valence-corrected chi connectivity index (χ1v) is 13.1. The molecule has 212 valence electrons.